The highest BCUT2D eigenvalue weighted by Gasteiger charge is 1.92. The summed E-state index contributed by atoms with van der Waals surface area (Å²) >= 11 is 0. The van der Waals surface area contributed by atoms with Crippen LogP contribution in [0.25, 0.3) is 0 Å². The van der Waals surface area contributed by atoms with Crippen LogP contribution in [0.2, 0.25) is 0 Å². The molecule has 0 fully saturated rings. The highest BCUT2D eigenvalue weighted by Crippen LogP contribution is 2.10. The van der Waals surface area contributed by atoms with E-state index in [-0.39, 0.29) is 0 Å². The average molecular weight is 324 g/mol. The molecule has 0 unspecified atom stereocenters. The first-order valence-corrected chi connectivity index (χ1v) is 10.4. The van der Waals surface area contributed by atoms with Crippen molar-refractivity contribution < 1.29 is 4.74 Å². The Morgan fingerprint density at radius 2 is 1.09 bits per heavy atom. The van der Waals surface area contributed by atoms with Crippen LogP contribution >= 0.6 is 0 Å². The molecule has 1 radical (unpaired) electrons. The largest absolute Gasteiger partial charge is 0.381 e. The zero-order valence-corrected chi connectivity index (χ0v) is 16.0. The molecule has 0 aliphatic heterocycles. The van der Waals surface area contributed by atoms with E-state index in [1.807, 2.05) is 0 Å². The average Bonchev–Trinajstić information content (AvgIpc) is 2.57. The second-order valence-corrected chi connectivity index (χ2v) is 6.76. The van der Waals surface area contributed by atoms with Gasteiger partial charge in [-0.15, -0.1) is 0 Å². The van der Waals surface area contributed by atoms with Crippen molar-refractivity contribution in [2.75, 3.05) is 13.2 Å². The van der Waals surface area contributed by atoms with Crippen LogP contribution in [0.4, 0.5) is 0 Å². The van der Waals surface area contributed by atoms with Crippen LogP contribution in [0.5, 0.6) is 0 Å². The van der Waals surface area contributed by atoms with Gasteiger partial charge in [-0.1, -0.05) is 90.2 Å². The summed E-state index contributed by atoms with van der Waals surface area (Å²) in [4.78, 5) is 0. The van der Waals surface area contributed by atoms with Crippen LogP contribution in [0.1, 0.15) is 110 Å². The maximum absolute atomic E-state index is 5.54. The van der Waals surface area contributed by atoms with Gasteiger partial charge in [-0.3, -0.25) is 0 Å². The minimum absolute atomic E-state index is 0.897. The molecule has 1 nitrogen and oxygen atoms in total. The van der Waals surface area contributed by atoms with Crippen LogP contribution in [-0.4, -0.2) is 13.2 Å². The molecule has 0 rings (SSSR count). The fourth-order valence-electron chi connectivity index (χ4n) is 2.76. The molecule has 0 aromatic carbocycles. The van der Waals surface area contributed by atoms with Gasteiger partial charge in [0.2, 0.25) is 0 Å². The normalized spacial score (nSPS) is 11.6. The molecule has 0 aliphatic rings. The van der Waals surface area contributed by atoms with Crippen molar-refractivity contribution in [3.05, 3.63) is 19.1 Å². The lowest BCUT2D eigenvalue weighted by Crippen LogP contribution is -1.96. The molecule has 0 aromatic rings. The molecule has 0 atom stereocenters. The van der Waals surface area contributed by atoms with E-state index < -0.39 is 0 Å². The van der Waals surface area contributed by atoms with E-state index >= 15 is 0 Å². The highest BCUT2D eigenvalue weighted by molar-refractivity contribution is 4.81. The Labute approximate surface area is 147 Å². The third kappa shape index (κ3) is 21.7. The van der Waals surface area contributed by atoms with Crippen molar-refractivity contribution in [1.29, 1.82) is 0 Å². The quantitative estimate of drug-likeness (QED) is 0.175. The molecule has 0 N–H and O–H groups in total. The monoisotopic (exact) mass is 323 g/mol. The summed E-state index contributed by atoms with van der Waals surface area (Å²) in [7, 11) is 0. The van der Waals surface area contributed by atoms with Crippen molar-refractivity contribution in [2.24, 2.45) is 0 Å². The summed E-state index contributed by atoms with van der Waals surface area (Å²) < 4.78 is 5.54. The predicted octanol–water partition coefficient (Wildman–Crippen LogP) is 7.65. The van der Waals surface area contributed by atoms with Crippen LogP contribution in [-0.2, 0) is 4.74 Å². The highest BCUT2D eigenvalue weighted by atomic mass is 16.5. The third-order valence-corrected chi connectivity index (χ3v) is 4.34. The molecule has 0 amide bonds. The van der Waals surface area contributed by atoms with Gasteiger partial charge in [-0.05, 0) is 38.5 Å². The lowest BCUT2D eigenvalue weighted by atomic mass is 10.1. The standard InChI is InChI=1S/C22H43O/c1-3-5-7-8-9-10-11-12-13-14-15-16-17-18-19-20-22-23-21-6-4-2/h12-13H,2-11,14-22H2,1H3/b13-12-. The Balaban J connectivity index is 3.02. The van der Waals surface area contributed by atoms with Crippen molar-refractivity contribution in [2.45, 2.75) is 110 Å². The number of unbranched alkanes of at least 4 members (excludes halogenated alkanes) is 13. The number of allylic oxidation sites excluding steroid dienone is 2. The first-order chi connectivity index (χ1) is 11.4. The van der Waals surface area contributed by atoms with Gasteiger partial charge in [0.1, 0.15) is 0 Å². The molecule has 0 saturated heterocycles. The molecule has 0 aromatic heterocycles. The van der Waals surface area contributed by atoms with Gasteiger partial charge in [0.25, 0.3) is 0 Å². The van der Waals surface area contributed by atoms with Crippen molar-refractivity contribution >= 4 is 0 Å². The number of rotatable bonds is 19. The third-order valence-electron chi connectivity index (χ3n) is 4.34. The van der Waals surface area contributed by atoms with Crippen LogP contribution in [0, 0.1) is 6.92 Å². The lowest BCUT2D eigenvalue weighted by Gasteiger charge is -2.03. The summed E-state index contributed by atoms with van der Waals surface area (Å²) in [5.74, 6) is 0. The van der Waals surface area contributed by atoms with Gasteiger partial charge in [-0.2, -0.15) is 0 Å². The lowest BCUT2D eigenvalue weighted by molar-refractivity contribution is 0.128. The Bertz CT molecular complexity index is 222. The van der Waals surface area contributed by atoms with Gasteiger partial charge in [0.15, 0.2) is 0 Å². The van der Waals surface area contributed by atoms with Gasteiger partial charge in [0.05, 0.1) is 0 Å². The smallest absolute Gasteiger partial charge is 0.0466 e. The molecule has 0 saturated carbocycles. The van der Waals surface area contributed by atoms with Crippen molar-refractivity contribution in [3.63, 3.8) is 0 Å². The Kier molecular flexibility index (Phi) is 21.4. The molecular formula is C22H43O. The van der Waals surface area contributed by atoms with E-state index in [9.17, 15) is 0 Å². The maximum Gasteiger partial charge on any atom is 0.0466 e. The second kappa shape index (κ2) is 21.7. The Morgan fingerprint density at radius 1 is 0.609 bits per heavy atom. The number of hydrogen-bond acceptors (Lipinski definition) is 1. The summed E-state index contributed by atoms with van der Waals surface area (Å²) in [5.41, 5.74) is 0. The second-order valence-electron chi connectivity index (χ2n) is 6.76. The summed E-state index contributed by atoms with van der Waals surface area (Å²) in [6.45, 7) is 7.94. The molecule has 0 spiro atoms. The topological polar surface area (TPSA) is 9.23 Å². The first-order valence-electron chi connectivity index (χ1n) is 10.4. The van der Waals surface area contributed by atoms with Gasteiger partial charge in [-0.25, -0.2) is 0 Å². The minimum Gasteiger partial charge on any atom is -0.381 e. The molecule has 0 bridgehead atoms. The van der Waals surface area contributed by atoms with Gasteiger partial charge >= 0.3 is 0 Å². The van der Waals surface area contributed by atoms with Crippen molar-refractivity contribution in [1.82, 2.24) is 0 Å². The van der Waals surface area contributed by atoms with E-state index in [1.54, 1.807) is 0 Å². The van der Waals surface area contributed by atoms with E-state index in [1.165, 1.54) is 89.9 Å². The summed E-state index contributed by atoms with van der Waals surface area (Å²) in [6, 6.07) is 0. The number of hydrogen-bond donors (Lipinski definition) is 0. The number of ether oxygens (including phenoxy) is 1. The first kappa shape index (κ1) is 22.7. The molecule has 23 heavy (non-hydrogen) atoms. The van der Waals surface area contributed by atoms with Gasteiger partial charge < -0.3 is 4.74 Å². The van der Waals surface area contributed by atoms with Crippen LogP contribution < -0.4 is 0 Å². The fourth-order valence-corrected chi connectivity index (χ4v) is 2.76. The molecule has 0 heterocycles. The zero-order valence-electron chi connectivity index (χ0n) is 16.0. The fraction of sp³-hybridized carbons (Fsp3) is 0.864. The summed E-state index contributed by atoms with van der Waals surface area (Å²) in [5, 5.41) is 0. The van der Waals surface area contributed by atoms with E-state index in [4.69, 9.17) is 4.74 Å². The van der Waals surface area contributed by atoms with Crippen molar-refractivity contribution in [3.8, 4) is 0 Å². The molecular weight excluding hydrogens is 280 g/mol. The van der Waals surface area contributed by atoms with Crippen LogP contribution in [0.3, 0.4) is 0 Å². The van der Waals surface area contributed by atoms with Crippen LogP contribution in [0.15, 0.2) is 12.2 Å². The SMILES string of the molecule is [CH2]CCCOCCCCCCCC/C=C\CCCCCCCC. The van der Waals surface area contributed by atoms with E-state index in [2.05, 4.69) is 26.0 Å². The predicted molar refractivity (Wildman–Crippen MR) is 105 cm³/mol. The minimum atomic E-state index is 0.897. The maximum atomic E-state index is 5.54. The Hall–Kier alpha value is -0.300. The molecule has 1 heteroatoms. The molecule has 0 aliphatic carbocycles. The molecule has 137 valence electrons. The summed E-state index contributed by atoms with van der Waals surface area (Å²) in [6.07, 6.45) is 26.0. The van der Waals surface area contributed by atoms with E-state index in [0.29, 0.717) is 0 Å². The zero-order chi connectivity index (χ0) is 16.8. The Morgan fingerprint density at radius 3 is 1.65 bits per heavy atom. The van der Waals surface area contributed by atoms with Gasteiger partial charge in [0, 0.05) is 13.2 Å². The van der Waals surface area contributed by atoms with E-state index in [0.717, 1.165) is 26.1 Å².